The largest absolute Gasteiger partial charge is 0.366 e. The van der Waals surface area contributed by atoms with Crippen molar-refractivity contribution in [3.05, 3.63) is 65.7 Å². The number of likely N-dealkylation sites (N-methyl/N-ethyl adjacent to an activating group) is 1. The molecule has 1 aliphatic heterocycles. The van der Waals surface area contributed by atoms with Crippen LogP contribution in [0.25, 0.3) is 0 Å². The van der Waals surface area contributed by atoms with Crippen LogP contribution in [0.1, 0.15) is 49.2 Å². The molecule has 6 nitrogen and oxygen atoms in total. The van der Waals surface area contributed by atoms with Gasteiger partial charge in [0.05, 0.1) is 12.1 Å². The van der Waals surface area contributed by atoms with Crippen molar-refractivity contribution in [2.45, 2.75) is 44.9 Å². The fourth-order valence-electron chi connectivity index (χ4n) is 4.08. The predicted octanol–water partition coefficient (Wildman–Crippen LogP) is 4.09. The fraction of sp³-hybridized carbons (Fsp3) is 0.500. The standard InChI is InChI=1S/C26H37N3O3/c1-26(2,3)27-25(30)21-11-13-22(14-12-21)28(4)24(20-9-7-6-8-10-20)18-29-16-15-23(17-29)32-19-31-5/h6-14,23-24H,15-19H2,1-5H3,(H,27,30)/t23-,24+/m0/s1. The molecule has 0 aliphatic carbocycles. The number of hydrogen-bond acceptors (Lipinski definition) is 5. The minimum atomic E-state index is -0.258. The van der Waals surface area contributed by atoms with Crippen LogP contribution in [0.3, 0.4) is 0 Å². The van der Waals surface area contributed by atoms with E-state index in [4.69, 9.17) is 9.47 Å². The Morgan fingerprint density at radius 2 is 1.84 bits per heavy atom. The van der Waals surface area contributed by atoms with Crippen LogP contribution < -0.4 is 10.2 Å². The highest BCUT2D eigenvalue weighted by Crippen LogP contribution is 2.28. The zero-order valence-corrected chi connectivity index (χ0v) is 20.0. The number of carbonyl (C=O) groups excluding carboxylic acids is 1. The minimum Gasteiger partial charge on any atom is -0.366 e. The van der Waals surface area contributed by atoms with Gasteiger partial charge < -0.3 is 19.7 Å². The number of methoxy groups -OCH3 is 1. The Balaban J connectivity index is 1.73. The molecule has 1 fully saturated rings. The molecule has 0 spiro atoms. The highest BCUT2D eigenvalue weighted by molar-refractivity contribution is 5.95. The fourth-order valence-corrected chi connectivity index (χ4v) is 4.08. The van der Waals surface area contributed by atoms with Gasteiger partial charge in [0, 0.05) is 50.6 Å². The molecule has 2 aromatic carbocycles. The third kappa shape index (κ3) is 6.79. The summed E-state index contributed by atoms with van der Waals surface area (Å²) in [6, 6.07) is 18.6. The molecule has 32 heavy (non-hydrogen) atoms. The number of rotatable bonds is 9. The lowest BCUT2D eigenvalue weighted by Crippen LogP contribution is -2.40. The molecule has 0 unspecified atom stereocenters. The summed E-state index contributed by atoms with van der Waals surface area (Å²) in [6.45, 7) is 9.13. The molecule has 0 aromatic heterocycles. The van der Waals surface area contributed by atoms with E-state index in [0.717, 1.165) is 31.7 Å². The molecule has 0 bridgehead atoms. The molecule has 0 saturated carbocycles. The van der Waals surface area contributed by atoms with Crippen LogP contribution in [0.2, 0.25) is 0 Å². The summed E-state index contributed by atoms with van der Waals surface area (Å²) in [6.07, 6.45) is 1.24. The first-order valence-corrected chi connectivity index (χ1v) is 11.3. The summed E-state index contributed by atoms with van der Waals surface area (Å²) in [5, 5.41) is 3.02. The average Bonchev–Trinajstić information content (AvgIpc) is 3.22. The van der Waals surface area contributed by atoms with E-state index >= 15 is 0 Å². The summed E-state index contributed by atoms with van der Waals surface area (Å²) >= 11 is 0. The molecule has 0 radical (unpaired) electrons. The molecule has 3 rings (SSSR count). The molecule has 1 N–H and O–H groups in total. The monoisotopic (exact) mass is 439 g/mol. The van der Waals surface area contributed by atoms with Gasteiger partial charge in [0.1, 0.15) is 6.79 Å². The molecule has 2 aromatic rings. The number of hydrogen-bond donors (Lipinski definition) is 1. The Hall–Kier alpha value is -2.41. The third-order valence-corrected chi connectivity index (χ3v) is 5.76. The SMILES string of the molecule is COCO[C@H]1CCN(C[C@H](c2ccccc2)N(C)c2ccc(C(=O)NC(C)(C)C)cc2)C1. The Labute approximate surface area is 192 Å². The highest BCUT2D eigenvalue weighted by Gasteiger charge is 2.28. The number of anilines is 1. The second-order valence-electron chi connectivity index (χ2n) is 9.53. The van der Waals surface area contributed by atoms with Crippen molar-refractivity contribution < 1.29 is 14.3 Å². The summed E-state index contributed by atoms with van der Waals surface area (Å²) in [4.78, 5) is 17.2. The number of benzene rings is 2. The maximum Gasteiger partial charge on any atom is 0.251 e. The molecule has 1 aliphatic rings. The van der Waals surface area contributed by atoms with Gasteiger partial charge in [-0.15, -0.1) is 0 Å². The zero-order chi connectivity index (χ0) is 23.1. The van der Waals surface area contributed by atoms with E-state index < -0.39 is 0 Å². The number of ether oxygens (including phenoxy) is 2. The Kier molecular flexibility index (Phi) is 8.29. The van der Waals surface area contributed by atoms with E-state index in [1.165, 1.54) is 5.56 Å². The van der Waals surface area contributed by atoms with Gasteiger partial charge in [0.15, 0.2) is 0 Å². The van der Waals surface area contributed by atoms with E-state index in [-0.39, 0.29) is 23.6 Å². The van der Waals surface area contributed by atoms with Crippen molar-refractivity contribution in [2.75, 3.05) is 45.5 Å². The van der Waals surface area contributed by atoms with Crippen LogP contribution in [-0.2, 0) is 9.47 Å². The number of nitrogens with one attached hydrogen (secondary N) is 1. The van der Waals surface area contributed by atoms with Gasteiger partial charge in [0.2, 0.25) is 0 Å². The van der Waals surface area contributed by atoms with Crippen molar-refractivity contribution in [1.29, 1.82) is 0 Å². The Bertz CT molecular complexity index is 849. The molecule has 2 atom stereocenters. The highest BCUT2D eigenvalue weighted by atomic mass is 16.7. The lowest BCUT2D eigenvalue weighted by Gasteiger charge is -2.34. The Morgan fingerprint density at radius 3 is 2.47 bits per heavy atom. The van der Waals surface area contributed by atoms with Crippen LogP contribution in [0.15, 0.2) is 54.6 Å². The number of nitrogens with zero attached hydrogens (tertiary/aromatic N) is 2. The third-order valence-electron chi connectivity index (χ3n) is 5.76. The quantitative estimate of drug-likeness (QED) is 0.597. The number of likely N-dealkylation sites (tertiary alicyclic amines) is 1. The van der Waals surface area contributed by atoms with Gasteiger partial charge >= 0.3 is 0 Å². The smallest absolute Gasteiger partial charge is 0.251 e. The number of amides is 1. The molecule has 174 valence electrons. The van der Waals surface area contributed by atoms with Crippen LogP contribution in [0, 0.1) is 0 Å². The molecule has 1 amide bonds. The first kappa shape index (κ1) is 24.2. The maximum atomic E-state index is 12.5. The summed E-state index contributed by atoms with van der Waals surface area (Å²) in [5.74, 6) is -0.0505. The summed E-state index contributed by atoms with van der Waals surface area (Å²) in [7, 11) is 3.78. The van der Waals surface area contributed by atoms with Crippen molar-refractivity contribution in [3.63, 3.8) is 0 Å². The van der Waals surface area contributed by atoms with Crippen LogP contribution >= 0.6 is 0 Å². The normalized spacial score (nSPS) is 17.8. The van der Waals surface area contributed by atoms with Gasteiger partial charge in [0.25, 0.3) is 5.91 Å². The van der Waals surface area contributed by atoms with Gasteiger partial charge in [-0.1, -0.05) is 30.3 Å². The van der Waals surface area contributed by atoms with Gasteiger partial charge in [-0.25, -0.2) is 0 Å². The van der Waals surface area contributed by atoms with Crippen LogP contribution in [-0.4, -0.2) is 63.0 Å². The molecule has 1 saturated heterocycles. The van der Waals surface area contributed by atoms with Crippen molar-refractivity contribution >= 4 is 11.6 Å². The lowest BCUT2D eigenvalue weighted by atomic mass is 10.0. The lowest BCUT2D eigenvalue weighted by molar-refractivity contribution is -0.0671. The Morgan fingerprint density at radius 1 is 1.16 bits per heavy atom. The summed E-state index contributed by atoms with van der Waals surface area (Å²) in [5.41, 5.74) is 2.76. The first-order chi connectivity index (χ1) is 15.3. The van der Waals surface area contributed by atoms with Crippen LogP contribution in [0.4, 0.5) is 5.69 Å². The second kappa shape index (κ2) is 10.9. The van der Waals surface area contributed by atoms with Gasteiger partial charge in [-0.2, -0.15) is 0 Å². The first-order valence-electron chi connectivity index (χ1n) is 11.3. The second-order valence-corrected chi connectivity index (χ2v) is 9.53. The van der Waals surface area contributed by atoms with Crippen LogP contribution in [0.5, 0.6) is 0 Å². The van der Waals surface area contributed by atoms with E-state index in [9.17, 15) is 4.79 Å². The average molecular weight is 440 g/mol. The summed E-state index contributed by atoms with van der Waals surface area (Å²) < 4.78 is 10.8. The van der Waals surface area contributed by atoms with Gasteiger partial charge in [-0.05, 0) is 57.0 Å². The van der Waals surface area contributed by atoms with Crippen molar-refractivity contribution in [1.82, 2.24) is 10.2 Å². The molecular formula is C26H37N3O3. The zero-order valence-electron chi connectivity index (χ0n) is 20.0. The molecular weight excluding hydrogens is 402 g/mol. The number of carbonyl (C=O) groups is 1. The maximum absolute atomic E-state index is 12.5. The van der Waals surface area contributed by atoms with E-state index in [1.54, 1.807) is 7.11 Å². The van der Waals surface area contributed by atoms with Gasteiger partial charge in [-0.3, -0.25) is 9.69 Å². The molecule has 1 heterocycles. The minimum absolute atomic E-state index is 0.0505. The van der Waals surface area contributed by atoms with E-state index in [0.29, 0.717) is 12.4 Å². The van der Waals surface area contributed by atoms with E-state index in [1.807, 2.05) is 51.1 Å². The van der Waals surface area contributed by atoms with Crippen molar-refractivity contribution in [2.24, 2.45) is 0 Å². The topological polar surface area (TPSA) is 54.0 Å². The predicted molar refractivity (Wildman–Crippen MR) is 129 cm³/mol. The molecule has 6 heteroatoms. The van der Waals surface area contributed by atoms with E-state index in [2.05, 4.69) is 46.4 Å². The van der Waals surface area contributed by atoms with Crippen molar-refractivity contribution in [3.8, 4) is 0 Å².